The fourth-order valence-corrected chi connectivity index (χ4v) is 5.27. The highest BCUT2D eigenvalue weighted by Crippen LogP contribution is 2.35. The molecule has 3 aromatic heterocycles. The second kappa shape index (κ2) is 7.56. The quantitative estimate of drug-likeness (QED) is 0.279. The van der Waals surface area contributed by atoms with Crippen molar-refractivity contribution < 1.29 is 0 Å². The summed E-state index contributed by atoms with van der Waals surface area (Å²) < 4.78 is 4.39. The molecule has 4 aromatic carbocycles. The maximum absolute atomic E-state index is 9.49. The van der Waals surface area contributed by atoms with Gasteiger partial charge in [0.1, 0.15) is 5.65 Å². The fourth-order valence-electron chi connectivity index (χ4n) is 5.27. The average Bonchev–Trinajstić information content (AvgIpc) is 3.45. The van der Waals surface area contributed by atoms with Gasteiger partial charge < -0.3 is 4.57 Å². The molecule has 0 spiro atoms. The van der Waals surface area contributed by atoms with E-state index in [9.17, 15) is 10.5 Å². The van der Waals surface area contributed by atoms with Crippen LogP contribution >= 0.6 is 0 Å². The lowest BCUT2D eigenvalue weighted by atomic mass is 10.1. The minimum Gasteiger partial charge on any atom is -0.309 e. The number of rotatable bonds is 2. The van der Waals surface area contributed by atoms with Gasteiger partial charge in [-0.05, 0) is 72.8 Å². The highest BCUT2D eigenvalue weighted by atomic mass is 15.1. The maximum Gasteiger partial charge on any atom is 0.145 e. The molecular weight excluding hydrogens is 442 g/mol. The van der Waals surface area contributed by atoms with Crippen LogP contribution in [-0.2, 0) is 0 Å². The van der Waals surface area contributed by atoms with Gasteiger partial charge in [0.25, 0.3) is 0 Å². The molecule has 166 valence electrons. The van der Waals surface area contributed by atoms with E-state index < -0.39 is 0 Å². The Balaban J connectivity index is 1.54. The summed E-state index contributed by atoms with van der Waals surface area (Å²) in [4.78, 5) is 4.72. The minimum atomic E-state index is 0.592. The average molecular weight is 460 g/mol. The summed E-state index contributed by atoms with van der Waals surface area (Å²) in [6, 6.07) is 36.7. The van der Waals surface area contributed by atoms with E-state index in [0.29, 0.717) is 11.1 Å². The molecule has 0 saturated carbocycles. The summed E-state index contributed by atoms with van der Waals surface area (Å²) in [5, 5.41) is 23.2. The van der Waals surface area contributed by atoms with Crippen molar-refractivity contribution in [2.45, 2.75) is 0 Å². The summed E-state index contributed by atoms with van der Waals surface area (Å²) in [6.07, 6.45) is 1.83. The molecule has 7 rings (SSSR count). The summed E-state index contributed by atoms with van der Waals surface area (Å²) in [5.74, 6) is 0. The zero-order chi connectivity index (χ0) is 24.2. The van der Waals surface area contributed by atoms with Crippen LogP contribution in [0.15, 0.2) is 103 Å². The van der Waals surface area contributed by atoms with Gasteiger partial charge in [-0.3, -0.25) is 4.57 Å². The molecule has 0 N–H and O–H groups in total. The highest BCUT2D eigenvalue weighted by Gasteiger charge is 2.16. The molecule has 0 fully saturated rings. The molecule has 0 aliphatic heterocycles. The zero-order valence-electron chi connectivity index (χ0n) is 19.1. The molecule has 5 heteroatoms. The third kappa shape index (κ3) is 2.78. The van der Waals surface area contributed by atoms with Crippen molar-refractivity contribution in [1.82, 2.24) is 14.1 Å². The van der Waals surface area contributed by atoms with Crippen molar-refractivity contribution in [2.24, 2.45) is 0 Å². The van der Waals surface area contributed by atoms with Crippen molar-refractivity contribution in [3.05, 3.63) is 114 Å². The lowest BCUT2D eigenvalue weighted by Crippen LogP contribution is -1.99. The minimum absolute atomic E-state index is 0.592. The molecule has 3 heterocycles. The zero-order valence-corrected chi connectivity index (χ0v) is 19.1. The van der Waals surface area contributed by atoms with Crippen molar-refractivity contribution in [1.29, 1.82) is 10.5 Å². The largest absolute Gasteiger partial charge is 0.309 e. The van der Waals surface area contributed by atoms with E-state index in [0.717, 1.165) is 55.1 Å². The Labute approximate surface area is 206 Å². The number of nitrogens with zero attached hydrogens (tertiary/aromatic N) is 5. The smallest absolute Gasteiger partial charge is 0.145 e. The summed E-state index contributed by atoms with van der Waals surface area (Å²) in [7, 11) is 0. The Hall–Kier alpha value is -5.39. The Morgan fingerprint density at radius 1 is 0.528 bits per heavy atom. The van der Waals surface area contributed by atoms with Gasteiger partial charge in [0.2, 0.25) is 0 Å². The van der Waals surface area contributed by atoms with Crippen LogP contribution < -0.4 is 0 Å². The summed E-state index contributed by atoms with van der Waals surface area (Å²) in [5.41, 5.74) is 7.16. The number of aromatic nitrogens is 3. The summed E-state index contributed by atoms with van der Waals surface area (Å²) >= 11 is 0. The molecule has 0 saturated heterocycles. The maximum atomic E-state index is 9.49. The van der Waals surface area contributed by atoms with Gasteiger partial charge in [0.15, 0.2) is 0 Å². The number of pyridine rings is 1. The third-order valence-electron chi connectivity index (χ3n) is 6.80. The Bertz CT molecular complexity index is 1950. The van der Waals surface area contributed by atoms with E-state index in [1.165, 1.54) is 0 Å². The molecule has 0 unspecified atom stereocenters. The van der Waals surface area contributed by atoms with Crippen LogP contribution in [0.1, 0.15) is 11.1 Å². The molecule has 0 bridgehead atoms. The first-order chi connectivity index (χ1) is 17.8. The van der Waals surface area contributed by atoms with Crippen LogP contribution in [0.25, 0.3) is 55.1 Å². The van der Waals surface area contributed by atoms with Crippen LogP contribution in [0, 0.1) is 22.7 Å². The van der Waals surface area contributed by atoms with E-state index in [1.54, 1.807) is 0 Å². The molecule has 0 radical (unpaired) electrons. The topological polar surface area (TPSA) is 70.3 Å². The molecule has 0 aliphatic rings. The number of benzene rings is 4. The predicted octanol–water partition coefficient (Wildman–Crippen LogP) is 7.02. The van der Waals surface area contributed by atoms with E-state index in [1.807, 2.05) is 54.7 Å². The molecule has 36 heavy (non-hydrogen) atoms. The summed E-state index contributed by atoms with van der Waals surface area (Å²) in [6.45, 7) is 0. The number of para-hydroxylation sites is 1. The van der Waals surface area contributed by atoms with Crippen LogP contribution in [0.5, 0.6) is 0 Å². The van der Waals surface area contributed by atoms with Crippen molar-refractivity contribution in [3.8, 4) is 23.5 Å². The first-order valence-corrected chi connectivity index (χ1v) is 11.6. The second-order valence-electron chi connectivity index (χ2n) is 8.77. The lowest BCUT2D eigenvalue weighted by molar-refractivity contribution is 1.11. The van der Waals surface area contributed by atoms with Gasteiger partial charge in [0, 0.05) is 39.1 Å². The number of fused-ring (bicyclic) bond motifs is 6. The standard InChI is InChI=1S/C31H17N5/c32-18-20-10-12-29-26(15-20)27-16-21(19-33)11-13-30(27)35(29)22-5-3-6-23(17-22)36-28-9-2-1-7-24(28)25-8-4-14-34-31(25)36/h1-17H. The van der Waals surface area contributed by atoms with Crippen molar-refractivity contribution >= 4 is 43.7 Å². The second-order valence-corrected chi connectivity index (χ2v) is 8.77. The molecular formula is C31H17N5. The normalized spacial score (nSPS) is 11.3. The molecule has 7 aromatic rings. The molecule has 0 aliphatic carbocycles. The fraction of sp³-hybridized carbons (Fsp3) is 0. The molecule has 0 atom stereocenters. The highest BCUT2D eigenvalue weighted by molar-refractivity contribution is 6.10. The van der Waals surface area contributed by atoms with Crippen LogP contribution in [0.4, 0.5) is 0 Å². The lowest BCUT2D eigenvalue weighted by Gasteiger charge is -2.12. The third-order valence-corrected chi connectivity index (χ3v) is 6.80. The van der Waals surface area contributed by atoms with Gasteiger partial charge in [-0.1, -0.05) is 24.3 Å². The van der Waals surface area contributed by atoms with Gasteiger partial charge in [-0.2, -0.15) is 10.5 Å². The van der Waals surface area contributed by atoms with Crippen LogP contribution in [-0.4, -0.2) is 14.1 Å². The van der Waals surface area contributed by atoms with Crippen molar-refractivity contribution in [3.63, 3.8) is 0 Å². The predicted molar refractivity (Wildman–Crippen MR) is 142 cm³/mol. The first kappa shape index (κ1) is 20.0. The van der Waals surface area contributed by atoms with Gasteiger partial charge in [0.05, 0.1) is 39.8 Å². The number of nitriles is 2. The van der Waals surface area contributed by atoms with Crippen molar-refractivity contribution in [2.75, 3.05) is 0 Å². The molecule has 5 nitrogen and oxygen atoms in total. The van der Waals surface area contributed by atoms with E-state index in [-0.39, 0.29) is 0 Å². The van der Waals surface area contributed by atoms with E-state index >= 15 is 0 Å². The molecule has 0 amide bonds. The van der Waals surface area contributed by atoms with Gasteiger partial charge in [-0.15, -0.1) is 0 Å². The van der Waals surface area contributed by atoms with Crippen LogP contribution in [0.2, 0.25) is 0 Å². The van der Waals surface area contributed by atoms with Gasteiger partial charge >= 0.3 is 0 Å². The van der Waals surface area contributed by atoms with Gasteiger partial charge in [-0.25, -0.2) is 4.98 Å². The number of hydrogen-bond donors (Lipinski definition) is 0. The monoisotopic (exact) mass is 459 g/mol. The Morgan fingerprint density at radius 3 is 1.83 bits per heavy atom. The Morgan fingerprint density at radius 2 is 1.14 bits per heavy atom. The number of hydrogen-bond acceptors (Lipinski definition) is 3. The SMILES string of the molecule is N#Cc1ccc2c(c1)c1cc(C#N)ccc1n2-c1cccc(-n2c3ccccc3c3cccnc32)c1. The van der Waals surface area contributed by atoms with Crippen LogP contribution in [0.3, 0.4) is 0 Å². The van der Waals surface area contributed by atoms with E-state index in [2.05, 4.69) is 69.8 Å². The first-order valence-electron chi connectivity index (χ1n) is 11.6. The van der Waals surface area contributed by atoms with E-state index in [4.69, 9.17) is 4.98 Å². The Kier molecular flexibility index (Phi) is 4.21.